The Hall–Kier alpha value is -2.42. The molecule has 1 saturated carbocycles. The van der Waals surface area contributed by atoms with Crippen LogP contribution in [0.15, 0.2) is 24.3 Å². The zero-order valence-electron chi connectivity index (χ0n) is 18.2. The third kappa shape index (κ3) is 4.40. The molecule has 1 aliphatic heterocycles. The summed E-state index contributed by atoms with van der Waals surface area (Å²) in [5, 5.41) is 2.76. The molecule has 1 saturated heterocycles. The Bertz CT molecular complexity index is 1040. The molecule has 2 unspecified atom stereocenters. The number of carbonyl (C=O) groups is 2. The predicted octanol–water partition coefficient (Wildman–Crippen LogP) is 4.59. The van der Waals surface area contributed by atoms with Gasteiger partial charge in [-0.05, 0) is 50.0 Å². The van der Waals surface area contributed by atoms with Crippen molar-refractivity contribution in [2.75, 3.05) is 13.1 Å². The lowest BCUT2D eigenvalue weighted by molar-refractivity contribution is -0.173. The molecule has 0 bridgehead atoms. The van der Waals surface area contributed by atoms with Gasteiger partial charge >= 0.3 is 12.1 Å². The fourth-order valence-electron chi connectivity index (χ4n) is 5.23. The molecule has 4 rings (SSSR count). The molecule has 1 aliphatic carbocycles. The van der Waals surface area contributed by atoms with E-state index in [1.165, 1.54) is 11.3 Å². The molecular formula is C23H26F3N3O2S. The smallest absolute Gasteiger partial charge is 0.346 e. The Morgan fingerprint density at radius 3 is 2.69 bits per heavy atom. The van der Waals surface area contributed by atoms with E-state index >= 15 is 0 Å². The highest BCUT2D eigenvalue weighted by molar-refractivity contribution is 7.15. The number of rotatable bonds is 4. The Balaban J connectivity index is 1.63. The van der Waals surface area contributed by atoms with E-state index in [4.69, 9.17) is 0 Å². The summed E-state index contributed by atoms with van der Waals surface area (Å²) in [5.41, 5.74) is 2.29. The van der Waals surface area contributed by atoms with E-state index in [0.717, 1.165) is 33.9 Å². The van der Waals surface area contributed by atoms with Gasteiger partial charge in [0.1, 0.15) is 5.69 Å². The molecule has 0 radical (unpaired) electrons. The number of fused-ring (bicyclic) bond motifs is 1. The number of thiazole rings is 1. The summed E-state index contributed by atoms with van der Waals surface area (Å²) in [6, 6.07) is 7.34. The summed E-state index contributed by atoms with van der Waals surface area (Å²) < 4.78 is 38.2. The van der Waals surface area contributed by atoms with Gasteiger partial charge in [-0.2, -0.15) is 13.2 Å². The van der Waals surface area contributed by atoms with Crippen LogP contribution in [0.2, 0.25) is 0 Å². The van der Waals surface area contributed by atoms with Gasteiger partial charge in [-0.3, -0.25) is 9.59 Å². The molecule has 2 fully saturated rings. The van der Waals surface area contributed by atoms with Crippen LogP contribution in [-0.2, 0) is 4.79 Å². The van der Waals surface area contributed by atoms with Gasteiger partial charge in [-0.25, -0.2) is 4.98 Å². The fourth-order valence-corrected chi connectivity index (χ4v) is 6.13. The number of nitrogens with zero attached hydrogens (tertiary/aromatic N) is 2. The zero-order chi connectivity index (χ0) is 23.2. The van der Waals surface area contributed by atoms with Crippen LogP contribution in [0.3, 0.4) is 0 Å². The lowest BCUT2D eigenvalue weighted by Crippen LogP contribution is -2.48. The number of hydrogen-bond acceptors (Lipinski definition) is 4. The van der Waals surface area contributed by atoms with Gasteiger partial charge in [0.15, 0.2) is 0 Å². The maximum atomic E-state index is 13.6. The summed E-state index contributed by atoms with van der Waals surface area (Å²) in [4.78, 5) is 32.0. The minimum atomic E-state index is -4.94. The van der Waals surface area contributed by atoms with E-state index in [-0.39, 0.29) is 24.3 Å². The first-order valence-corrected chi connectivity index (χ1v) is 11.6. The predicted molar refractivity (Wildman–Crippen MR) is 116 cm³/mol. The second-order valence-electron chi connectivity index (χ2n) is 9.01. The first-order chi connectivity index (χ1) is 15.0. The van der Waals surface area contributed by atoms with Gasteiger partial charge in [-0.15, -0.1) is 11.3 Å². The average Bonchev–Trinajstić information content (AvgIpc) is 3.37. The third-order valence-electron chi connectivity index (χ3n) is 6.52. The molecule has 2 aliphatic rings. The molecule has 0 spiro atoms. The maximum Gasteiger partial charge on any atom is 0.471 e. The van der Waals surface area contributed by atoms with Crippen LogP contribution in [0.1, 0.15) is 40.8 Å². The first kappa shape index (κ1) is 22.8. The molecule has 9 heteroatoms. The SMILES string of the molecule is Cc1cccc(-c2sc(C)nc2C(=O)N2C[C@@H]3CC(C)CC3[C@H]2CNC(=O)C(F)(F)F)c1. The van der Waals surface area contributed by atoms with E-state index in [1.54, 1.807) is 4.90 Å². The summed E-state index contributed by atoms with van der Waals surface area (Å²) in [6.45, 7) is 6.20. The van der Waals surface area contributed by atoms with Crippen molar-refractivity contribution < 1.29 is 22.8 Å². The topological polar surface area (TPSA) is 62.3 Å². The van der Waals surface area contributed by atoms with Crippen molar-refractivity contribution in [3.05, 3.63) is 40.5 Å². The lowest BCUT2D eigenvalue weighted by Gasteiger charge is -2.28. The number of aromatic nitrogens is 1. The Morgan fingerprint density at radius 1 is 1.25 bits per heavy atom. The van der Waals surface area contributed by atoms with Gasteiger partial charge in [0.25, 0.3) is 5.91 Å². The van der Waals surface area contributed by atoms with E-state index in [2.05, 4.69) is 11.9 Å². The first-order valence-electron chi connectivity index (χ1n) is 10.7. The number of aryl methyl sites for hydroxylation is 2. The van der Waals surface area contributed by atoms with Gasteiger partial charge in [0.2, 0.25) is 0 Å². The number of carbonyl (C=O) groups excluding carboxylic acids is 2. The zero-order valence-corrected chi connectivity index (χ0v) is 19.0. The van der Waals surface area contributed by atoms with Gasteiger partial charge < -0.3 is 10.2 Å². The molecule has 2 amide bonds. The summed E-state index contributed by atoms with van der Waals surface area (Å²) >= 11 is 1.43. The second-order valence-corrected chi connectivity index (χ2v) is 10.2. The van der Waals surface area contributed by atoms with Crippen LogP contribution < -0.4 is 5.32 Å². The summed E-state index contributed by atoms with van der Waals surface area (Å²) in [6.07, 6.45) is -3.18. The second kappa shape index (κ2) is 8.50. The van der Waals surface area contributed by atoms with E-state index in [0.29, 0.717) is 18.2 Å². The number of alkyl halides is 3. The van der Waals surface area contributed by atoms with Gasteiger partial charge in [0.05, 0.1) is 15.9 Å². The van der Waals surface area contributed by atoms with Crippen LogP contribution in [0.25, 0.3) is 10.4 Å². The van der Waals surface area contributed by atoms with Crippen molar-refractivity contribution in [3.8, 4) is 10.4 Å². The molecule has 1 aromatic heterocycles. The largest absolute Gasteiger partial charge is 0.471 e. The van der Waals surface area contributed by atoms with Crippen LogP contribution in [0.4, 0.5) is 13.2 Å². The molecule has 172 valence electrons. The summed E-state index contributed by atoms with van der Waals surface area (Å²) in [5.74, 6) is -1.50. The molecule has 4 atom stereocenters. The molecule has 1 N–H and O–H groups in total. The third-order valence-corrected chi connectivity index (χ3v) is 7.54. The minimum absolute atomic E-state index is 0.0737. The van der Waals surface area contributed by atoms with Crippen LogP contribution in [0, 0.1) is 31.6 Å². The number of likely N-dealkylation sites (tertiary alicyclic amines) is 1. The van der Waals surface area contributed by atoms with Crippen molar-refractivity contribution in [1.82, 2.24) is 15.2 Å². The van der Waals surface area contributed by atoms with Crippen LogP contribution in [0.5, 0.6) is 0 Å². The fraction of sp³-hybridized carbons (Fsp3) is 0.522. The van der Waals surface area contributed by atoms with E-state index < -0.39 is 18.1 Å². The number of hydrogen-bond donors (Lipinski definition) is 1. The molecule has 2 aromatic rings. The maximum absolute atomic E-state index is 13.6. The van der Waals surface area contributed by atoms with Crippen molar-refractivity contribution in [2.24, 2.45) is 17.8 Å². The quantitative estimate of drug-likeness (QED) is 0.718. The molecule has 1 aromatic carbocycles. The molecule has 32 heavy (non-hydrogen) atoms. The van der Waals surface area contributed by atoms with Crippen LogP contribution >= 0.6 is 11.3 Å². The Labute approximate surface area is 189 Å². The highest BCUT2D eigenvalue weighted by Crippen LogP contribution is 2.46. The van der Waals surface area contributed by atoms with Crippen LogP contribution in [-0.4, -0.2) is 47.0 Å². The van der Waals surface area contributed by atoms with Gasteiger partial charge in [-0.1, -0.05) is 36.8 Å². The monoisotopic (exact) mass is 465 g/mol. The van der Waals surface area contributed by atoms with Crippen molar-refractivity contribution in [1.29, 1.82) is 0 Å². The lowest BCUT2D eigenvalue weighted by atomic mass is 9.93. The normalized spacial score (nSPS) is 25.1. The number of halogens is 3. The average molecular weight is 466 g/mol. The summed E-state index contributed by atoms with van der Waals surface area (Å²) in [7, 11) is 0. The Kier molecular flexibility index (Phi) is 6.04. The van der Waals surface area contributed by atoms with E-state index in [9.17, 15) is 22.8 Å². The minimum Gasteiger partial charge on any atom is -0.346 e. The Morgan fingerprint density at radius 2 is 2.00 bits per heavy atom. The molecular weight excluding hydrogens is 439 g/mol. The molecule has 5 nitrogen and oxygen atoms in total. The molecule has 2 heterocycles. The highest BCUT2D eigenvalue weighted by Gasteiger charge is 2.49. The van der Waals surface area contributed by atoms with E-state index in [1.807, 2.05) is 43.4 Å². The van der Waals surface area contributed by atoms with Crippen molar-refractivity contribution >= 4 is 23.2 Å². The van der Waals surface area contributed by atoms with Crippen molar-refractivity contribution in [2.45, 2.75) is 45.8 Å². The standard InChI is InChI=1S/C23H26F3N3O2S/c1-12-5-4-6-15(7-12)20-19(28-14(3)32-20)21(30)29-11-16-8-13(2)9-17(16)18(29)10-27-22(31)23(24,25)26/h4-7,13,16-18H,8-11H2,1-3H3,(H,27,31)/t13?,16-,17?,18+/m0/s1. The van der Waals surface area contributed by atoms with Crippen molar-refractivity contribution in [3.63, 3.8) is 0 Å². The highest BCUT2D eigenvalue weighted by atomic mass is 32.1. The number of amides is 2. The number of benzene rings is 1. The number of nitrogens with one attached hydrogen (secondary N) is 1. The van der Waals surface area contributed by atoms with Gasteiger partial charge in [0, 0.05) is 13.1 Å².